The third-order valence-corrected chi connectivity index (χ3v) is 6.23. The van der Waals surface area contributed by atoms with E-state index in [9.17, 15) is 9.90 Å². The topological polar surface area (TPSA) is 53.0 Å². The molecule has 5 heteroatoms. The molecule has 2 aliphatic heterocycles. The maximum absolute atomic E-state index is 12.5. The van der Waals surface area contributed by atoms with Crippen molar-refractivity contribution in [2.24, 2.45) is 5.92 Å². The van der Waals surface area contributed by atoms with Gasteiger partial charge in [-0.1, -0.05) is 13.8 Å². The van der Waals surface area contributed by atoms with Crippen LogP contribution in [0.15, 0.2) is 0 Å². The van der Waals surface area contributed by atoms with Crippen LogP contribution >= 0.6 is 0 Å². The van der Waals surface area contributed by atoms with Gasteiger partial charge in [-0.3, -0.25) is 0 Å². The van der Waals surface area contributed by atoms with Gasteiger partial charge in [0, 0.05) is 18.6 Å². The van der Waals surface area contributed by atoms with Crippen LogP contribution in [-0.2, 0) is 4.74 Å². The monoisotopic (exact) mass is 368 g/mol. The van der Waals surface area contributed by atoms with Gasteiger partial charge in [0.25, 0.3) is 0 Å². The van der Waals surface area contributed by atoms with Gasteiger partial charge in [-0.2, -0.15) is 0 Å². The first kappa shape index (κ1) is 21.5. The van der Waals surface area contributed by atoms with Crippen LogP contribution in [0.3, 0.4) is 0 Å². The molecule has 2 rings (SSSR count). The highest BCUT2D eigenvalue weighted by Gasteiger charge is 2.44. The Labute approximate surface area is 160 Å². The molecule has 0 saturated carbocycles. The van der Waals surface area contributed by atoms with E-state index in [2.05, 4.69) is 25.8 Å². The lowest BCUT2D eigenvalue weighted by Crippen LogP contribution is -2.49. The van der Waals surface area contributed by atoms with Gasteiger partial charge >= 0.3 is 6.09 Å². The number of nitrogens with zero attached hydrogens (tertiary/aromatic N) is 2. The lowest BCUT2D eigenvalue weighted by molar-refractivity contribution is -0.00522. The second-order valence-electron chi connectivity index (χ2n) is 9.57. The SMILES string of the molecule is CCC(O)(CC)CN(C)CCC1CC2CCC(C1)N2C(=O)OC(C)(C)C. The van der Waals surface area contributed by atoms with Crippen molar-refractivity contribution in [3.63, 3.8) is 0 Å². The Balaban J connectivity index is 1.83. The number of ether oxygens (including phenoxy) is 1. The lowest BCUT2D eigenvalue weighted by atomic mass is 9.88. The molecule has 1 amide bonds. The molecular formula is C21H40N2O3. The van der Waals surface area contributed by atoms with Crippen LogP contribution in [0.5, 0.6) is 0 Å². The van der Waals surface area contributed by atoms with Crippen molar-refractivity contribution >= 4 is 6.09 Å². The van der Waals surface area contributed by atoms with Crippen molar-refractivity contribution in [1.82, 2.24) is 9.80 Å². The first-order valence-electron chi connectivity index (χ1n) is 10.5. The molecule has 2 fully saturated rings. The fraction of sp³-hybridized carbons (Fsp3) is 0.952. The normalized spacial score (nSPS) is 26.5. The molecule has 0 aliphatic carbocycles. The molecule has 1 N–H and O–H groups in total. The largest absolute Gasteiger partial charge is 0.444 e. The smallest absolute Gasteiger partial charge is 0.410 e. The summed E-state index contributed by atoms with van der Waals surface area (Å²) in [5.74, 6) is 0.671. The number of amides is 1. The Morgan fingerprint density at radius 2 is 1.69 bits per heavy atom. The van der Waals surface area contributed by atoms with Crippen LogP contribution in [0.1, 0.15) is 79.6 Å². The highest BCUT2D eigenvalue weighted by atomic mass is 16.6. The van der Waals surface area contributed by atoms with E-state index in [-0.39, 0.29) is 6.09 Å². The average molecular weight is 369 g/mol. The molecule has 2 bridgehead atoms. The summed E-state index contributed by atoms with van der Waals surface area (Å²) in [6.45, 7) is 11.7. The number of carbonyl (C=O) groups excluding carboxylic acids is 1. The summed E-state index contributed by atoms with van der Waals surface area (Å²) in [5.41, 5.74) is -0.987. The molecule has 2 atom stereocenters. The zero-order valence-corrected chi connectivity index (χ0v) is 17.8. The predicted molar refractivity (Wildman–Crippen MR) is 105 cm³/mol. The second kappa shape index (κ2) is 8.47. The molecule has 0 aromatic carbocycles. The Bertz CT molecular complexity index is 456. The predicted octanol–water partition coefficient (Wildman–Crippen LogP) is 4.04. The van der Waals surface area contributed by atoms with E-state index in [1.165, 1.54) is 0 Å². The van der Waals surface area contributed by atoms with E-state index in [1.54, 1.807) is 0 Å². The minimum absolute atomic E-state index is 0.128. The third kappa shape index (κ3) is 5.59. The Morgan fingerprint density at radius 1 is 1.15 bits per heavy atom. The van der Waals surface area contributed by atoms with E-state index < -0.39 is 11.2 Å². The van der Waals surface area contributed by atoms with E-state index in [1.807, 2.05) is 25.7 Å². The van der Waals surface area contributed by atoms with Crippen molar-refractivity contribution in [1.29, 1.82) is 0 Å². The zero-order chi connectivity index (χ0) is 19.5. The van der Waals surface area contributed by atoms with Crippen molar-refractivity contribution < 1.29 is 14.6 Å². The molecule has 2 saturated heterocycles. The van der Waals surface area contributed by atoms with Crippen LogP contribution in [-0.4, -0.2) is 64.4 Å². The molecule has 2 heterocycles. The third-order valence-electron chi connectivity index (χ3n) is 6.23. The number of likely N-dealkylation sites (N-methyl/N-ethyl adjacent to an activating group) is 1. The molecule has 0 radical (unpaired) electrons. The number of rotatable bonds is 7. The summed E-state index contributed by atoms with van der Waals surface area (Å²) in [5, 5.41) is 10.5. The molecule has 0 aromatic heterocycles. The molecule has 152 valence electrons. The van der Waals surface area contributed by atoms with Crippen LogP contribution in [0, 0.1) is 5.92 Å². The molecule has 0 aromatic rings. The van der Waals surface area contributed by atoms with E-state index in [0.29, 0.717) is 18.0 Å². The van der Waals surface area contributed by atoms with Gasteiger partial charge in [-0.05, 0) is 85.2 Å². The number of aliphatic hydroxyl groups is 1. The first-order valence-corrected chi connectivity index (χ1v) is 10.5. The van der Waals surface area contributed by atoms with E-state index in [0.717, 1.165) is 58.0 Å². The summed E-state index contributed by atoms with van der Waals surface area (Å²) in [7, 11) is 2.11. The van der Waals surface area contributed by atoms with Crippen molar-refractivity contribution in [2.75, 3.05) is 20.1 Å². The molecule has 2 aliphatic rings. The number of piperidine rings is 1. The zero-order valence-electron chi connectivity index (χ0n) is 17.8. The minimum atomic E-state index is -0.562. The molecule has 2 unspecified atom stereocenters. The van der Waals surface area contributed by atoms with Gasteiger partial charge < -0.3 is 19.6 Å². The first-order chi connectivity index (χ1) is 12.1. The van der Waals surface area contributed by atoms with E-state index >= 15 is 0 Å². The number of hydrogen-bond donors (Lipinski definition) is 1. The van der Waals surface area contributed by atoms with Gasteiger partial charge in [-0.15, -0.1) is 0 Å². The Morgan fingerprint density at radius 3 is 2.15 bits per heavy atom. The highest BCUT2D eigenvalue weighted by molar-refractivity contribution is 5.69. The number of carbonyl (C=O) groups is 1. The van der Waals surface area contributed by atoms with Gasteiger partial charge in [0.1, 0.15) is 5.60 Å². The molecule has 5 nitrogen and oxygen atoms in total. The fourth-order valence-corrected chi connectivity index (χ4v) is 4.60. The van der Waals surface area contributed by atoms with Crippen LogP contribution in [0.2, 0.25) is 0 Å². The maximum Gasteiger partial charge on any atom is 0.410 e. The Hall–Kier alpha value is -0.810. The summed E-state index contributed by atoms with van der Waals surface area (Å²) >= 11 is 0. The maximum atomic E-state index is 12.5. The van der Waals surface area contributed by atoms with Crippen molar-refractivity contribution in [2.45, 2.75) is 103 Å². The van der Waals surface area contributed by atoms with Gasteiger partial charge in [0.15, 0.2) is 0 Å². The van der Waals surface area contributed by atoms with Gasteiger partial charge in [-0.25, -0.2) is 4.79 Å². The summed E-state index contributed by atoms with van der Waals surface area (Å²) in [6.07, 6.45) is 7.03. The van der Waals surface area contributed by atoms with Crippen LogP contribution < -0.4 is 0 Å². The van der Waals surface area contributed by atoms with E-state index in [4.69, 9.17) is 4.74 Å². The molecule has 26 heavy (non-hydrogen) atoms. The fourth-order valence-electron chi connectivity index (χ4n) is 4.60. The summed E-state index contributed by atoms with van der Waals surface area (Å²) in [6, 6.07) is 0.698. The second-order valence-corrected chi connectivity index (χ2v) is 9.57. The standard InChI is InChI=1S/C21H40N2O3/c1-7-21(25,8-2)15-22(6)12-11-16-13-17-9-10-18(14-16)23(17)19(24)26-20(3,4)5/h16-18,25H,7-15H2,1-6H3. The highest BCUT2D eigenvalue weighted by Crippen LogP contribution is 2.40. The van der Waals surface area contributed by atoms with Crippen LogP contribution in [0.4, 0.5) is 4.79 Å². The Kier molecular flexibility index (Phi) is 7.00. The summed E-state index contributed by atoms with van der Waals surface area (Å²) in [4.78, 5) is 16.8. The minimum Gasteiger partial charge on any atom is -0.444 e. The number of fused-ring (bicyclic) bond motifs is 2. The quantitative estimate of drug-likeness (QED) is 0.737. The van der Waals surface area contributed by atoms with Crippen molar-refractivity contribution in [3.05, 3.63) is 0 Å². The van der Waals surface area contributed by atoms with Gasteiger partial charge in [0.05, 0.1) is 5.60 Å². The number of hydrogen-bond acceptors (Lipinski definition) is 4. The summed E-state index contributed by atoms with van der Waals surface area (Å²) < 4.78 is 5.62. The average Bonchev–Trinajstić information content (AvgIpc) is 2.82. The molecular weight excluding hydrogens is 328 g/mol. The molecule has 0 spiro atoms. The lowest BCUT2D eigenvalue weighted by Gasteiger charge is -2.40. The van der Waals surface area contributed by atoms with Gasteiger partial charge in [0.2, 0.25) is 0 Å². The van der Waals surface area contributed by atoms with Crippen molar-refractivity contribution in [3.8, 4) is 0 Å². The van der Waals surface area contributed by atoms with Crippen LogP contribution in [0.25, 0.3) is 0 Å².